The molecule has 102 valence electrons. The van der Waals surface area contributed by atoms with E-state index < -0.39 is 0 Å². The maximum absolute atomic E-state index is 8.66. The van der Waals surface area contributed by atoms with Crippen LogP contribution < -0.4 is 5.32 Å². The molecule has 3 nitrogen and oxygen atoms in total. The maximum atomic E-state index is 8.66. The van der Waals surface area contributed by atoms with Crippen molar-refractivity contribution in [2.75, 3.05) is 25.0 Å². The summed E-state index contributed by atoms with van der Waals surface area (Å²) in [6.07, 6.45) is 4.23. The molecule has 1 unspecified atom stereocenters. The highest BCUT2D eigenvalue weighted by Gasteiger charge is 2.15. The highest BCUT2D eigenvalue weighted by molar-refractivity contribution is 5.45. The molecule has 0 aliphatic carbocycles. The first-order valence-corrected chi connectivity index (χ1v) is 7.26. The van der Waals surface area contributed by atoms with Crippen LogP contribution in [0, 0.1) is 11.3 Å². The van der Waals surface area contributed by atoms with E-state index in [0.29, 0.717) is 12.5 Å². The van der Waals surface area contributed by atoms with Crippen LogP contribution in [0.15, 0.2) is 24.3 Å². The van der Waals surface area contributed by atoms with Crippen LogP contribution in [0.5, 0.6) is 0 Å². The van der Waals surface area contributed by atoms with E-state index in [1.807, 2.05) is 12.1 Å². The molecule has 1 fully saturated rings. The standard InChI is InChI=1S/C16H23N3/c1-2-19-12-3-4-15(10-13-19)18-16-7-5-14(6-8-16)9-11-17/h5-8,15,18H,2-4,9-10,12-13H2,1H3. The molecule has 0 amide bonds. The van der Waals surface area contributed by atoms with Crippen molar-refractivity contribution in [3.63, 3.8) is 0 Å². The number of nitrogens with zero attached hydrogens (tertiary/aromatic N) is 2. The minimum absolute atomic E-state index is 0.495. The fourth-order valence-electron chi connectivity index (χ4n) is 2.66. The Balaban J connectivity index is 1.88. The maximum Gasteiger partial charge on any atom is 0.0669 e. The molecule has 1 aliphatic heterocycles. The number of nitrogens with one attached hydrogen (secondary N) is 1. The molecule has 19 heavy (non-hydrogen) atoms. The highest BCUT2D eigenvalue weighted by atomic mass is 15.1. The van der Waals surface area contributed by atoms with Gasteiger partial charge in [-0.25, -0.2) is 0 Å². The molecule has 0 spiro atoms. The summed E-state index contributed by atoms with van der Waals surface area (Å²) in [4.78, 5) is 2.53. The molecular weight excluding hydrogens is 234 g/mol. The van der Waals surface area contributed by atoms with Gasteiger partial charge in [0, 0.05) is 18.3 Å². The molecular formula is C16H23N3. The molecule has 3 heteroatoms. The molecule has 0 bridgehead atoms. The van der Waals surface area contributed by atoms with Crippen molar-refractivity contribution in [1.29, 1.82) is 5.26 Å². The van der Waals surface area contributed by atoms with Crippen LogP contribution in [0.2, 0.25) is 0 Å². The summed E-state index contributed by atoms with van der Waals surface area (Å²) in [5.41, 5.74) is 2.27. The summed E-state index contributed by atoms with van der Waals surface area (Å²) >= 11 is 0. The van der Waals surface area contributed by atoms with E-state index >= 15 is 0 Å². The first kappa shape index (κ1) is 13.9. The Bertz CT molecular complexity index is 419. The summed E-state index contributed by atoms with van der Waals surface area (Å²) in [5, 5.41) is 12.3. The normalized spacial score (nSPS) is 20.5. The van der Waals surface area contributed by atoms with Gasteiger partial charge in [0.05, 0.1) is 12.5 Å². The van der Waals surface area contributed by atoms with Gasteiger partial charge in [0.15, 0.2) is 0 Å². The van der Waals surface area contributed by atoms with Gasteiger partial charge >= 0.3 is 0 Å². The number of rotatable bonds is 4. The van der Waals surface area contributed by atoms with Crippen LogP contribution in [0.4, 0.5) is 5.69 Å². The zero-order chi connectivity index (χ0) is 13.5. The summed E-state index contributed by atoms with van der Waals surface area (Å²) in [6, 6.07) is 11.0. The van der Waals surface area contributed by atoms with Crippen LogP contribution in [0.1, 0.15) is 31.7 Å². The van der Waals surface area contributed by atoms with Crippen molar-refractivity contribution in [3.05, 3.63) is 29.8 Å². The lowest BCUT2D eigenvalue weighted by molar-refractivity contribution is 0.300. The Hall–Kier alpha value is -1.53. The molecule has 1 atom stereocenters. The summed E-state index contributed by atoms with van der Waals surface area (Å²) < 4.78 is 0. The molecule has 1 aromatic carbocycles. The second kappa shape index (κ2) is 7.16. The van der Waals surface area contributed by atoms with Crippen LogP contribution in [-0.4, -0.2) is 30.6 Å². The fourth-order valence-corrected chi connectivity index (χ4v) is 2.66. The van der Waals surface area contributed by atoms with E-state index in [1.165, 1.54) is 38.0 Å². The summed E-state index contributed by atoms with van der Waals surface area (Å²) in [5.74, 6) is 0. The van der Waals surface area contributed by atoms with Gasteiger partial charge in [-0.05, 0) is 50.0 Å². The monoisotopic (exact) mass is 257 g/mol. The lowest BCUT2D eigenvalue weighted by atomic mass is 10.1. The Morgan fingerprint density at radius 2 is 2.05 bits per heavy atom. The second-order valence-electron chi connectivity index (χ2n) is 5.24. The first-order valence-electron chi connectivity index (χ1n) is 7.26. The van der Waals surface area contributed by atoms with Crippen LogP contribution >= 0.6 is 0 Å². The largest absolute Gasteiger partial charge is 0.382 e. The number of likely N-dealkylation sites (tertiary alicyclic amines) is 1. The van der Waals surface area contributed by atoms with E-state index in [4.69, 9.17) is 5.26 Å². The Morgan fingerprint density at radius 1 is 1.26 bits per heavy atom. The predicted molar refractivity (Wildman–Crippen MR) is 79.1 cm³/mol. The quantitative estimate of drug-likeness (QED) is 0.901. The second-order valence-corrected chi connectivity index (χ2v) is 5.24. The van der Waals surface area contributed by atoms with Crippen LogP contribution in [0.3, 0.4) is 0 Å². The molecule has 2 rings (SSSR count). The van der Waals surface area contributed by atoms with Crippen LogP contribution in [-0.2, 0) is 6.42 Å². The van der Waals surface area contributed by atoms with Crippen molar-refractivity contribution in [1.82, 2.24) is 4.90 Å². The van der Waals surface area contributed by atoms with Crippen molar-refractivity contribution in [2.45, 2.75) is 38.6 Å². The summed E-state index contributed by atoms with van der Waals surface area (Å²) in [6.45, 7) is 5.83. The number of anilines is 1. The van der Waals surface area contributed by atoms with Gasteiger partial charge in [0.25, 0.3) is 0 Å². The van der Waals surface area contributed by atoms with Crippen molar-refractivity contribution in [2.24, 2.45) is 0 Å². The molecule has 1 heterocycles. The average molecular weight is 257 g/mol. The molecule has 0 saturated carbocycles. The Labute approximate surface area is 116 Å². The Morgan fingerprint density at radius 3 is 2.74 bits per heavy atom. The fraction of sp³-hybridized carbons (Fsp3) is 0.562. The van der Waals surface area contributed by atoms with Crippen molar-refractivity contribution < 1.29 is 0 Å². The number of hydrogen-bond donors (Lipinski definition) is 1. The lowest BCUT2D eigenvalue weighted by Crippen LogP contribution is -2.26. The Kier molecular flexibility index (Phi) is 5.23. The molecule has 1 aliphatic rings. The third-order valence-corrected chi connectivity index (χ3v) is 3.88. The SMILES string of the molecule is CCN1CCCC(Nc2ccc(CC#N)cc2)CC1. The predicted octanol–water partition coefficient (Wildman–Crippen LogP) is 3.04. The van der Waals surface area contributed by atoms with Crippen LogP contribution in [0.25, 0.3) is 0 Å². The van der Waals surface area contributed by atoms with E-state index in [9.17, 15) is 0 Å². The zero-order valence-electron chi connectivity index (χ0n) is 11.7. The van der Waals surface area contributed by atoms with Gasteiger partial charge < -0.3 is 10.2 Å². The van der Waals surface area contributed by atoms with Gasteiger partial charge in [-0.3, -0.25) is 0 Å². The van der Waals surface area contributed by atoms with Gasteiger partial charge in [0.1, 0.15) is 0 Å². The smallest absolute Gasteiger partial charge is 0.0669 e. The first-order chi connectivity index (χ1) is 9.31. The lowest BCUT2D eigenvalue weighted by Gasteiger charge is -2.19. The van der Waals surface area contributed by atoms with E-state index in [0.717, 1.165) is 12.1 Å². The van der Waals surface area contributed by atoms with E-state index in [1.54, 1.807) is 0 Å². The van der Waals surface area contributed by atoms with Gasteiger partial charge in [-0.1, -0.05) is 19.1 Å². The number of hydrogen-bond acceptors (Lipinski definition) is 3. The average Bonchev–Trinajstić information content (AvgIpc) is 2.66. The molecule has 0 radical (unpaired) electrons. The minimum atomic E-state index is 0.495. The third kappa shape index (κ3) is 4.25. The molecule has 1 aromatic rings. The number of benzene rings is 1. The van der Waals surface area contributed by atoms with E-state index in [2.05, 4.69) is 35.3 Å². The number of nitriles is 1. The third-order valence-electron chi connectivity index (χ3n) is 3.88. The molecule has 0 aromatic heterocycles. The molecule has 1 N–H and O–H groups in total. The topological polar surface area (TPSA) is 39.1 Å². The minimum Gasteiger partial charge on any atom is -0.382 e. The summed E-state index contributed by atoms with van der Waals surface area (Å²) in [7, 11) is 0. The highest BCUT2D eigenvalue weighted by Crippen LogP contribution is 2.17. The van der Waals surface area contributed by atoms with Crippen molar-refractivity contribution in [3.8, 4) is 6.07 Å². The van der Waals surface area contributed by atoms with E-state index in [-0.39, 0.29) is 0 Å². The molecule has 1 saturated heterocycles. The van der Waals surface area contributed by atoms with Gasteiger partial charge in [0.2, 0.25) is 0 Å². The van der Waals surface area contributed by atoms with Gasteiger partial charge in [-0.15, -0.1) is 0 Å². The van der Waals surface area contributed by atoms with Gasteiger partial charge in [-0.2, -0.15) is 5.26 Å². The van der Waals surface area contributed by atoms with Crippen molar-refractivity contribution >= 4 is 5.69 Å². The zero-order valence-corrected chi connectivity index (χ0v) is 11.7.